The molecule has 0 aliphatic carbocycles. The summed E-state index contributed by atoms with van der Waals surface area (Å²) in [5.41, 5.74) is 0. The zero-order chi connectivity index (χ0) is 14.1. The van der Waals surface area contributed by atoms with Crippen molar-refractivity contribution < 1.29 is 75.5 Å². The number of aliphatic hydroxyl groups excluding tert-OH is 2. The number of hydrogen-bond donors (Lipinski definition) is 2. The monoisotopic (exact) mass is 378 g/mol. The van der Waals surface area contributed by atoms with E-state index in [1.54, 1.807) is 0 Å². The van der Waals surface area contributed by atoms with Gasteiger partial charge in [0.25, 0.3) is 0 Å². The van der Waals surface area contributed by atoms with Crippen LogP contribution in [0.3, 0.4) is 0 Å². The van der Waals surface area contributed by atoms with Crippen LogP contribution in [0.4, 0.5) is 0 Å². The summed E-state index contributed by atoms with van der Waals surface area (Å²) in [6.45, 7) is 2.67. The summed E-state index contributed by atoms with van der Waals surface area (Å²) < 4.78 is 0. The van der Waals surface area contributed by atoms with E-state index in [-0.39, 0.29) is 48.8 Å². The van der Waals surface area contributed by atoms with Crippen molar-refractivity contribution in [2.75, 3.05) is 13.2 Å². The molecule has 0 atom stereocenters. The van der Waals surface area contributed by atoms with Crippen molar-refractivity contribution in [3.8, 4) is 0 Å². The molecule has 8 nitrogen and oxygen atoms in total. The van der Waals surface area contributed by atoms with E-state index in [2.05, 4.69) is 0 Å². The van der Waals surface area contributed by atoms with E-state index in [1.807, 2.05) is 0 Å². The van der Waals surface area contributed by atoms with Gasteiger partial charge >= 0.3 is 35.6 Å². The molecular weight excluding hydrogens is 363 g/mol. The number of rotatable bonds is 1. The fourth-order valence-corrected chi connectivity index (χ4v) is 0. The second-order valence-corrected chi connectivity index (χ2v) is 1.92. The third-order valence-electron chi connectivity index (χ3n) is 0.1000. The van der Waals surface area contributed by atoms with Crippen molar-refractivity contribution in [2.24, 2.45) is 0 Å². The minimum atomic E-state index is -1.08. The van der Waals surface area contributed by atoms with Crippen LogP contribution in [0.2, 0.25) is 0 Å². The fraction of sp³-hybridized carbons (Fsp3) is 0.625. The van der Waals surface area contributed by atoms with Gasteiger partial charge in [-0.3, -0.25) is 0 Å². The Bertz CT molecular complexity index is 140. The van der Waals surface area contributed by atoms with Crippen molar-refractivity contribution in [3.63, 3.8) is 0 Å². The Morgan fingerprint density at radius 2 is 0.824 bits per heavy atom. The predicted molar refractivity (Wildman–Crippen MR) is 46.2 cm³/mol. The SMILES string of the molecule is CC(=O)[O-].CC(=O)[O-].CC(=O)[O-].OCCO.[La+3]. The summed E-state index contributed by atoms with van der Waals surface area (Å²) in [6.07, 6.45) is 0. The summed E-state index contributed by atoms with van der Waals surface area (Å²) in [4.78, 5) is 26.7. The second kappa shape index (κ2) is 29.6. The number of hydrogen-bond acceptors (Lipinski definition) is 8. The van der Waals surface area contributed by atoms with Crippen molar-refractivity contribution in [1.29, 1.82) is 0 Å². The van der Waals surface area contributed by atoms with Crippen LogP contribution >= 0.6 is 0 Å². The van der Waals surface area contributed by atoms with E-state index < -0.39 is 17.9 Å². The summed E-state index contributed by atoms with van der Waals surface area (Å²) in [5.74, 6) is -3.25. The summed E-state index contributed by atoms with van der Waals surface area (Å²) in [5, 5.41) is 41.9. The Hall–Kier alpha value is -0.475. The molecule has 0 heterocycles. The molecular formula is C8H15LaO8. The van der Waals surface area contributed by atoms with Crippen molar-refractivity contribution in [1.82, 2.24) is 0 Å². The summed E-state index contributed by atoms with van der Waals surface area (Å²) in [7, 11) is 0. The number of aliphatic hydroxyl groups is 2. The van der Waals surface area contributed by atoms with Crippen LogP contribution in [0.1, 0.15) is 20.8 Å². The van der Waals surface area contributed by atoms with Crippen LogP contribution < -0.4 is 15.3 Å². The second-order valence-electron chi connectivity index (χ2n) is 1.92. The smallest absolute Gasteiger partial charge is 0.550 e. The standard InChI is InChI=1S/3C2H4O2.C2H6O2.La/c3*1-2(3)4;3-1-2-4;/h3*1H3,(H,3,4);3-4H,1-2H2;/q;;;;+3/p-3. The van der Waals surface area contributed by atoms with Crippen LogP contribution in [-0.2, 0) is 14.4 Å². The van der Waals surface area contributed by atoms with E-state index in [4.69, 9.17) is 39.9 Å². The van der Waals surface area contributed by atoms with Gasteiger partial charge in [0.2, 0.25) is 0 Å². The van der Waals surface area contributed by atoms with Crippen molar-refractivity contribution >= 4 is 17.9 Å². The van der Waals surface area contributed by atoms with Crippen molar-refractivity contribution in [3.05, 3.63) is 0 Å². The number of carbonyl (C=O) groups excluding carboxylic acids is 3. The molecule has 0 aromatic rings. The number of carbonyl (C=O) groups is 3. The molecule has 0 bridgehead atoms. The number of carboxylic acid groups (broad SMARTS) is 3. The van der Waals surface area contributed by atoms with E-state index >= 15 is 0 Å². The molecule has 0 unspecified atom stereocenters. The maximum Gasteiger partial charge on any atom is 3.00 e. The van der Waals surface area contributed by atoms with Crippen LogP contribution in [0, 0.1) is 35.6 Å². The van der Waals surface area contributed by atoms with E-state index in [9.17, 15) is 0 Å². The fourth-order valence-electron chi connectivity index (χ4n) is 0. The quantitative estimate of drug-likeness (QED) is 0.460. The van der Waals surface area contributed by atoms with Crippen LogP contribution in [-0.4, -0.2) is 41.3 Å². The molecule has 0 aliphatic rings. The third-order valence-corrected chi connectivity index (χ3v) is 0.1000. The van der Waals surface area contributed by atoms with Gasteiger partial charge in [-0.2, -0.15) is 0 Å². The van der Waals surface area contributed by atoms with Gasteiger partial charge in [0.1, 0.15) is 0 Å². The molecule has 0 saturated carbocycles. The summed E-state index contributed by atoms with van der Waals surface area (Å²) >= 11 is 0. The van der Waals surface area contributed by atoms with Gasteiger partial charge in [0.05, 0.1) is 13.2 Å². The average molecular weight is 378 g/mol. The zero-order valence-corrected chi connectivity index (χ0v) is 13.5. The third kappa shape index (κ3) is 10300. The van der Waals surface area contributed by atoms with Gasteiger partial charge in [-0.05, 0) is 20.8 Å². The van der Waals surface area contributed by atoms with Gasteiger partial charge in [-0.25, -0.2) is 0 Å². The molecule has 0 spiro atoms. The average Bonchev–Trinajstić information content (AvgIpc) is 2.00. The molecule has 17 heavy (non-hydrogen) atoms. The molecule has 0 radical (unpaired) electrons. The molecule has 0 saturated heterocycles. The first kappa shape index (κ1) is 30.0. The first-order chi connectivity index (χ1) is 7.11. The van der Waals surface area contributed by atoms with Crippen LogP contribution in [0.15, 0.2) is 0 Å². The molecule has 0 aliphatic heterocycles. The molecule has 9 heteroatoms. The van der Waals surface area contributed by atoms with Crippen molar-refractivity contribution in [2.45, 2.75) is 20.8 Å². The Labute approximate surface area is 127 Å². The zero-order valence-electron chi connectivity index (χ0n) is 9.84. The van der Waals surface area contributed by atoms with Crippen LogP contribution in [0.25, 0.3) is 0 Å². The largest absolute Gasteiger partial charge is 3.00 e. The van der Waals surface area contributed by atoms with Gasteiger partial charge in [-0.15, -0.1) is 0 Å². The molecule has 2 N–H and O–H groups in total. The maximum atomic E-state index is 8.89. The minimum Gasteiger partial charge on any atom is -0.550 e. The Morgan fingerprint density at radius 3 is 0.824 bits per heavy atom. The maximum absolute atomic E-state index is 8.89. The van der Waals surface area contributed by atoms with Gasteiger partial charge < -0.3 is 39.9 Å². The molecule has 98 valence electrons. The Morgan fingerprint density at radius 1 is 0.765 bits per heavy atom. The molecule has 0 amide bonds. The predicted octanol–water partition coefficient (Wildman–Crippen LogP) is -4.76. The first-order valence-electron chi connectivity index (χ1n) is 3.86. The minimum absolute atomic E-state index is 0. The number of aliphatic carboxylic acids is 3. The van der Waals surface area contributed by atoms with Crippen LogP contribution in [0.5, 0.6) is 0 Å². The summed E-state index contributed by atoms with van der Waals surface area (Å²) in [6, 6.07) is 0. The molecule has 0 fully saturated rings. The molecule has 0 aromatic heterocycles. The van der Waals surface area contributed by atoms with Gasteiger partial charge in [0, 0.05) is 17.9 Å². The topological polar surface area (TPSA) is 161 Å². The normalized spacial score (nSPS) is 6.18. The first-order valence-corrected chi connectivity index (χ1v) is 3.86. The van der Waals surface area contributed by atoms with Gasteiger partial charge in [0.15, 0.2) is 0 Å². The van der Waals surface area contributed by atoms with Gasteiger partial charge in [-0.1, -0.05) is 0 Å². The van der Waals surface area contributed by atoms with E-state index in [0.717, 1.165) is 20.8 Å². The molecule has 0 aromatic carbocycles. The molecule has 0 rings (SSSR count). The number of carboxylic acids is 3. The van der Waals surface area contributed by atoms with E-state index in [1.165, 1.54) is 0 Å². The van der Waals surface area contributed by atoms with E-state index in [0.29, 0.717) is 0 Å². The Kier molecular flexibility index (Phi) is 52.2. The Balaban J connectivity index is -0.0000000369.